The van der Waals surface area contributed by atoms with Gasteiger partial charge in [0.15, 0.2) is 5.78 Å². The van der Waals surface area contributed by atoms with Crippen LogP contribution < -0.4 is 0 Å². The Kier molecular flexibility index (Phi) is 3.67. The number of rotatable bonds is 2. The molecule has 0 N–H and O–H groups in total. The average molecular weight is 326 g/mol. The van der Waals surface area contributed by atoms with E-state index < -0.39 is 0 Å². The minimum absolute atomic E-state index is 0.183. The fourth-order valence-electron chi connectivity index (χ4n) is 7.00. The Labute approximate surface area is 145 Å². The number of allylic oxidation sites excluding steroid dienone is 4. The molecule has 0 amide bonds. The average Bonchev–Trinajstić information content (AvgIpc) is 2.92. The summed E-state index contributed by atoms with van der Waals surface area (Å²) in [5.74, 6) is 3.03. The summed E-state index contributed by atoms with van der Waals surface area (Å²) in [4.78, 5) is 23.3. The van der Waals surface area contributed by atoms with Crippen LogP contribution in [0, 0.1) is 40.4 Å². The highest BCUT2D eigenvalue weighted by Gasteiger charge is 2.58. The lowest BCUT2D eigenvalue weighted by molar-refractivity contribution is -0.116. The van der Waals surface area contributed by atoms with Gasteiger partial charge < -0.3 is 4.79 Å². The van der Waals surface area contributed by atoms with E-state index in [4.69, 9.17) is 0 Å². The minimum atomic E-state index is 0.183. The molecule has 0 radical (unpaired) electrons. The maximum absolute atomic E-state index is 11.9. The first-order valence-corrected chi connectivity index (χ1v) is 9.78. The van der Waals surface area contributed by atoms with E-state index in [0.29, 0.717) is 41.3 Å². The van der Waals surface area contributed by atoms with E-state index in [-0.39, 0.29) is 11.3 Å². The zero-order valence-corrected chi connectivity index (χ0v) is 15.3. The van der Waals surface area contributed by atoms with Crippen molar-refractivity contribution in [3.05, 3.63) is 23.8 Å². The van der Waals surface area contributed by atoms with Gasteiger partial charge in [-0.25, -0.2) is 0 Å². The molecule has 4 rings (SSSR count). The van der Waals surface area contributed by atoms with Gasteiger partial charge >= 0.3 is 0 Å². The van der Waals surface area contributed by atoms with Gasteiger partial charge in [0.25, 0.3) is 0 Å². The summed E-state index contributed by atoms with van der Waals surface area (Å²) in [6.45, 7) is 6.97. The number of fused-ring (bicyclic) bond motifs is 5. The zero-order chi connectivity index (χ0) is 17.1. The van der Waals surface area contributed by atoms with Gasteiger partial charge in [-0.1, -0.05) is 32.9 Å². The third-order valence-electron chi connectivity index (χ3n) is 8.44. The molecule has 2 heteroatoms. The third kappa shape index (κ3) is 2.07. The Morgan fingerprint density at radius 3 is 2.71 bits per heavy atom. The van der Waals surface area contributed by atoms with Crippen LogP contribution in [0.4, 0.5) is 0 Å². The van der Waals surface area contributed by atoms with Crippen molar-refractivity contribution in [2.45, 2.75) is 59.3 Å². The van der Waals surface area contributed by atoms with E-state index >= 15 is 0 Å². The lowest BCUT2D eigenvalue weighted by atomic mass is 9.48. The molecule has 0 aromatic carbocycles. The van der Waals surface area contributed by atoms with Crippen LogP contribution in [0.25, 0.3) is 0 Å². The molecule has 4 aliphatic carbocycles. The van der Waals surface area contributed by atoms with Crippen molar-refractivity contribution < 1.29 is 9.59 Å². The van der Waals surface area contributed by atoms with Crippen LogP contribution in [-0.2, 0) is 9.59 Å². The van der Waals surface area contributed by atoms with Crippen molar-refractivity contribution >= 4 is 12.1 Å². The fraction of sp³-hybridized carbons (Fsp3) is 0.727. The number of ketones is 1. The summed E-state index contributed by atoms with van der Waals surface area (Å²) in [5.41, 5.74) is 1.77. The molecule has 1 unspecified atom stereocenters. The highest BCUT2D eigenvalue weighted by molar-refractivity contribution is 5.92. The first-order valence-electron chi connectivity index (χ1n) is 9.78. The maximum Gasteiger partial charge on any atom is 0.156 e. The molecule has 7 atom stereocenters. The van der Waals surface area contributed by atoms with Gasteiger partial charge in [0.2, 0.25) is 0 Å². The summed E-state index contributed by atoms with van der Waals surface area (Å²) < 4.78 is 0. The Hall–Kier alpha value is -1.18. The standard InChI is InChI=1S/C22H30O2/c1-14(13-23)18-6-7-19-17-5-4-15-12-16(24)8-10-21(15,2)20(17)9-11-22(18,19)3/h4-5,12-14,17-20H,6-11H2,1-3H3/t14-,17?,18-,19+,20-,21-,22-/m1/s1. The van der Waals surface area contributed by atoms with Gasteiger partial charge in [0, 0.05) is 12.3 Å². The largest absolute Gasteiger partial charge is 0.303 e. The SMILES string of the molecule is C[C@H](C=O)[C@H]1CC[C@H]2C3C=CC4=CC(=O)CC[C@@]4(C)[C@@H]3CC[C@]12C. The van der Waals surface area contributed by atoms with Gasteiger partial charge in [-0.3, -0.25) is 4.79 Å². The van der Waals surface area contributed by atoms with Gasteiger partial charge in [-0.2, -0.15) is 0 Å². The predicted molar refractivity (Wildman–Crippen MR) is 95.3 cm³/mol. The van der Waals surface area contributed by atoms with Crippen LogP contribution in [0.1, 0.15) is 59.3 Å². The molecule has 2 nitrogen and oxygen atoms in total. The summed E-state index contributed by atoms with van der Waals surface area (Å²) in [6, 6.07) is 0. The number of carbonyl (C=O) groups excluding carboxylic acids is 2. The number of aldehydes is 1. The van der Waals surface area contributed by atoms with Gasteiger partial charge in [-0.15, -0.1) is 0 Å². The van der Waals surface area contributed by atoms with Crippen molar-refractivity contribution in [1.82, 2.24) is 0 Å². The molecule has 130 valence electrons. The van der Waals surface area contributed by atoms with Crippen molar-refractivity contribution in [3.8, 4) is 0 Å². The monoisotopic (exact) mass is 326 g/mol. The Bertz CT molecular complexity index is 630. The van der Waals surface area contributed by atoms with E-state index in [0.717, 1.165) is 6.42 Å². The molecular formula is C22H30O2. The van der Waals surface area contributed by atoms with Crippen molar-refractivity contribution in [2.75, 3.05) is 0 Å². The summed E-state index contributed by atoms with van der Waals surface area (Å²) >= 11 is 0. The second-order valence-electron chi connectivity index (χ2n) is 9.36. The smallest absolute Gasteiger partial charge is 0.156 e. The minimum Gasteiger partial charge on any atom is -0.303 e. The van der Waals surface area contributed by atoms with Crippen LogP contribution in [-0.4, -0.2) is 12.1 Å². The van der Waals surface area contributed by atoms with Crippen LogP contribution in [0.3, 0.4) is 0 Å². The van der Waals surface area contributed by atoms with Gasteiger partial charge in [0.1, 0.15) is 6.29 Å². The first kappa shape index (κ1) is 16.3. The molecule has 0 saturated heterocycles. The first-order chi connectivity index (χ1) is 11.4. The molecule has 2 fully saturated rings. The summed E-state index contributed by atoms with van der Waals surface area (Å²) in [6.07, 6.45) is 14.5. The highest BCUT2D eigenvalue weighted by atomic mass is 16.1. The fourth-order valence-corrected chi connectivity index (χ4v) is 7.00. The molecule has 0 bridgehead atoms. The van der Waals surface area contributed by atoms with Crippen molar-refractivity contribution in [3.63, 3.8) is 0 Å². The molecule has 0 aliphatic heterocycles. The molecule has 0 heterocycles. The molecule has 0 aromatic heterocycles. The highest BCUT2D eigenvalue weighted by Crippen LogP contribution is 2.65. The molecule has 0 aromatic rings. The van der Waals surface area contributed by atoms with Gasteiger partial charge in [-0.05, 0) is 78.3 Å². The van der Waals surface area contributed by atoms with Crippen LogP contribution in [0.5, 0.6) is 0 Å². The van der Waals surface area contributed by atoms with E-state index in [2.05, 4.69) is 32.9 Å². The number of hydrogen-bond donors (Lipinski definition) is 0. The topological polar surface area (TPSA) is 34.1 Å². The van der Waals surface area contributed by atoms with Gasteiger partial charge in [0.05, 0.1) is 0 Å². The Morgan fingerprint density at radius 1 is 1.17 bits per heavy atom. The predicted octanol–water partition coefficient (Wildman–Crippen LogP) is 4.75. The van der Waals surface area contributed by atoms with Crippen molar-refractivity contribution in [2.24, 2.45) is 40.4 Å². The van der Waals surface area contributed by atoms with Crippen LogP contribution in [0.2, 0.25) is 0 Å². The Morgan fingerprint density at radius 2 is 1.96 bits per heavy atom. The number of hydrogen-bond acceptors (Lipinski definition) is 2. The zero-order valence-electron chi connectivity index (χ0n) is 15.3. The second kappa shape index (κ2) is 5.41. The number of carbonyl (C=O) groups is 2. The molecule has 0 spiro atoms. The van der Waals surface area contributed by atoms with E-state index in [1.165, 1.54) is 37.5 Å². The quantitative estimate of drug-likeness (QED) is 0.687. The summed E-state index contributed by atoms with van der Waals surface area (Å²) in [5, 5.41) is 0. The van der Waals surface area contributed by atoms with Crippen LogP contribution in [0.15, 0.2) is 23.8 Å². The van der Waals surface area contributed by atoms with E-state index in [1.807, 2.05) is 6.08 Å². The second-order valence-corrected chi connectivity index (χ2v) is 9.36. The lowest BCUT2D eigenvalue weighted by Crippen LogP contribution is -2.49. The maximum atomic E-state index is 11.9. The molecule has 24 heavy (non-hydrogen) atoms. The molecular weight excluding hydrogens is 296 g/mol. The van der Waals surface area contributed by atoms with E-state index in [9.17, 15) is 9.59 Å². The third-order valence-corrected chi connectivity index (χ3v) is 8.44. The molecule has 4 aliphatic rings. The van der Waals surface area contributed by atoms with E-state index in [1.54, 1.807) is 0 Å². The van der Waals surface area contributed by atoms with Crippen LogP contribution >= 0.6 is 0 Å². The Balaban J connectivity index is 1.70. The lowest BCUT2D eigenvalue weighted by Gasteiger charge is -2.56. The van der Waals surface area contributed by atoms with Crippen molar-refractivity contribution in [1.29, 1.82) is 0 Å². The summed E-state index contributed by atoms with van der Waals surface area (Å²) in [7, 11) is 0. The normalized spacial score (nSPS) is 48.1. The molecule has 2 saturated carbocycles.